The number of hydrogen-bond donors (Lipinski definition) is 1. The fourth-order valence-electron chi connectivity index (χ4n) is 3.04. The van der Waals surface area contributed by atoms with Crippen molar-refractivity contribution in [2.75, 3.05) is 5.32 Å². The van der Waals surface area contributed by atoms with Gasteiger partial charge >= 0.3 is 0 Å². The number of anilines is 1. The first-order chi connectivity index (χ1) is 13.7. The summed E-state index contributed by atoms with van der Waals surface area (Å²) in [5.41, 5.74) is 3.85. The molecular formula is C23H20FN3O. The van der Waals surface area contributed by atoms with Crippen molar-refractivity contribution in [2.24, 2.45) is 0 Å². The zero-order valence-electron chi connectivity index (χ0n) is 15.5. The average Bonchev–Trinajstić information content (AvgIpc) is 3.23. The van der Waals surface area contributed by atoms with Gasteiger partial charge in [0.2, 0.25) is 11.8 Å². The Balaban J connectivity index is 1.70. The minimum Gasteiger partial charge on any atom is -0.418 e. The SMILES string of the molecule is CCc1cccc(N[C@@H](c2ccc(F)cc2)c2nnc(-c3ccccc3)o2)c1. The Hall–Kier alpha value is -3.47. The molecule has 0 radical (unpaired) electrons. The molecule has 1 N–H and O–H groups in total. The summed E-state index contributed by atoms with van der Waals surface area (Å²) in [6, 6.07) is 23.7. The largest absolute Gasteiger partial charge is 0.418 e. The van der Waals surface area contributed by atoms with Crippen LogP contribution in [-0.4, -0.2) is 10.2 Å². The lowest BCUT2D eigenvalue weighted by molar-refractivity contribution is 0.493. The van der Waals surface area contributed by atoms with Gasteiger partial charge in [-0.05, 0) is 53.9 Å². The van der Waals surface area contributed by atoms with E-state index in [0.717, 1.165) is 23.2 Å². The Bertz CT molecular complexity index is 1040. The molecule has 1 aromatic heterocycles. The summed E-state index contributed by atoms with van der Waals surface area (Å²) in [5, 5.41) is 11.9. The molecule has 4 nitrogen and oxygen atoms in total. The number of nitrogens with one attached hydrogen (secondary N) is 1. The van der Waals surface area contributed by atoms with Gasteiger partial charge in [0.1, 0.15) is 11.9 Å². The minimum absolute atomic E-state index is 0.286. The maximum Gasteiger partial charge on any atom is 0.247 e. The summed E-state index contributed by atoms with van der Waals surface area (Å²) in [7, 11) is 0. The first-order valence-electron chi connectivity index (χ1n) is 9.22. The van der Waals surface area contributed by atoms with Crippen molar-refractivity contribution in [3.63, 3.8) is 0 Å². The van der Waals surface area contributed by atoms with Gasteiger partial charge in [-0.25, -0.2) is 4.39 Å². The molecule has 0 unspecified atom stereocenters. The van der Waals surface area contributed by atoms with E-state index in [-0.39, 0.29) is 5.82 Å². The van der Waals surface area contributed by atoms with E-state index in [0.29, 0.717) is 11.8 Å². The van der Waals surface area contributed by atoms with Crippen molar-refractivity contribution in [1.29, 1.82) is 0 Å². The van der Waals surface area contributed by atoms with Crippen LogP contribution in [0, 0.1) is 5.82 Å². The van der Waals surface area contributed by atoms with E-state index in [1.807, 2.05) is 42.5 Å². The van der Waals surface area contributed by atoms with Crippen LogP contribution in [0.15, 0.2) is 83.3 Å². The Kier molecular flexibility index (Phi) is 5.15. The van der Waals surface area contributed by atoms with Crippen LogP contribution < -0.4 is 5.32 Å². The second-order valence-electron chi connectivity index (χ2n) is 6.49. The molecule has 0 aliphatic carbocycles. The van der Waals surface area contributed by atoms with Crippen molar-refractivity contribution in [2.45, 2.75) is 19.4 Å². The molecule has 0 saturated heterocycles. The number of nitrogens with zero attached hydrogens (tertiary/aromatic N) is 2. The first kappa shape index (κ1) is 17.9. The van der Waals surface area contributed by atoms with Crippen molar-refractivity contribution in [1.82, 2.24) is 10.2 Å². The molecule has 140 valence electrons. The topological polar surface area (TPSA) is 51.0 Å². The normalized spacial score (nSPS) is 11.9. The van der Waals surface area contributed by atoms with Crippen LogP contribution in [0.4, 0.5) is 10.1 Å². The van der Waals surface area contributed by atoms with Gasteiger partial charge in [-0.2, -0.15) is 0 Å². The third-order valence-corrected chi connectivity index (χ3v) is 4.56. The maximum atomic E-state index is 13.4. The average molecular weight is 373 g/mol. The van der Waals surface area contributed by atoms with Crippen molar-refractivity contribution in [3.05, 3.63) is 102 Å². The monoisotopic (exact) mass is 373 g/mol. The lowest BCUT2D eigenvalue weighted by Crippen LogP contribution is -2.13. The molecule has 0 fully saturated rings. The van der Waals surface area contributed by atoms with Crippen molar-refractivity contribution in [3.8, 4) is 11.5 Å². The van der Waals surface area contributed by atoms with Crippen molar-refractivity contribution >= 4 is 5.69 Å². The summed E-state index contributed by atoms with van der Waals surface area (Å²) in [4.78, 5) is 0. The number of aromatic nitrogens is 2. The molecule has 0 aliphatic rings. The van der Waals surface area contributed by atoms with Crippen LogP contribution in [0.2, 0.25) is 0 Å². The molecule has 3 aromatic carbocycles. The standard InChI is InChI=1S/C23H20FN3O/c1-2-16-7-6-10-20(15-16)25-21(17-11-13-19(24)14-12-17)23-27-26-22(28-23)18-8-4-3-5-9-18/h3-15,21,25H,2H2,1H3/t21-/m0/s1. The highest BCUT2D eigenvalue weighted by molar-refractivity contribution is 5.53. The number of hydrogen-bond acceptors (Lipinski definition) is 4. The van der Waals surface area contributed by atoms with E-state index in [4.69, 9.17) is 4.42 Å². The summed E-state index contributed by atoms with van der Waals surface area (Å²) in [6.45, 7) is 2.11. The molecule has 1 atom stereocenters. The van der Waals surface area contributed by atoms with E-state index in [1.54, 1.807) is 12.1 Å². The van der Waals surface area contributed by atoms with Crippen molar-refractivity contribution < 1.29 is 8.81 Å². The Labute approximate surface area is 163 Å². The highest BCUT2D eigenvalue weighted by Crippen LogP contribution is 2.29. The third kappa shape index (κ3) is 3.93. The van der Waals surface area contributed by atoms with E-state index < -0.39 is 6.04 Å². The summed E-state index contributed by atoms with van der Waals surface area (Å²) in [5.74, 6) is 0.588. The Morgan fingerprint density at radius 1 is 0.929 bits per heavy atom. The van der Waals surface area contributed by atoms with Gasteiger partial charge in [0.05, 0.1) is 0 Å². The Morgan fingerprint density at radius 3 is 2.46 bits per heavy atom. The number of benzene rings is 3. The smallest absolute Gasteiger partial charge is 0.247 e. The molecule has 0 spiro atoms. The number of aryl methyl sites for hydroxylation is 1. The first-order valence-corrected chi connectivity index (χ1v) is 9.22. The quantitative estimate of drug-likeness (QED) is 0.475. The lowest BCUT2D eigenvalue weighted by atomic mass is 10.1. The second kappa shape index (κ2) is 8.05. The molecule has 28 heavy (non-hydrogen) atoms. The molecule has 1 heterocycles. The summed E-state index contributed by atoms with van der Waals surface area (Å²) >= 11 is 0. The molecular weight excluding hydrogens is 353 g/mol. The van der Waals surface area contributed by atoms with E-state index in [2.05, 4.69) is 34.6 Å². The predicted molar refractivity (Wildman–Crippen MR) is 107 cm³/mol. The number of halogens is 1. The minimum atomic E-state index is -0.391. The maximum absolute atomic E-state index is 13.4. The zero-order valence-corrected chi connectivity index (χ0v) is 15.5. The van der Waals surface area contributed by atoms with Gasteiger partial charge in [-0.1, -0.05) is 49.4 Å². The van der Waals surface area contributed by atoms with Gasteiger partial charge < -0.3 is 9.73 Å². The molecule has 5 heteroatoms. The van der Waals surface area contributed by atoms with Gasteiger partial charge in [0, 0.05) is 11.3 Å². The zero-order chi connectivity index (χ0) is 19.3. The van der Waals surface area contributed by atoms with Gasteiger partial charge in [0.25, 0.3) is 0 Å². The fraction of sp³-hybridized carbons (Fsp3) is 0.130. The summed E-state index contributed by atoms with van der Waals surface area (Å²) in [6.07, 6.45) is 0.940. The highest BCUT2D eigenvalue weighted by atomic mass is 19.1. The fourth-order valence-corrected chi connectivity index (χ4v) is 3.04. The van der Waals surface area contributed by atoms with Gasteiger partial charge in [0.15, 0.2) is 0 Å². The van der Waals surface area contributed by atoms with Gasteiger partial charge in [-0.3, -0.25) is 0 Å². The van der Waals surface area contributed by atoms with E-state index >= 15 is 0 Å². The summed E-state index contributed by atoms with van der Waals surface area (Å²) < 4.78 is 19.4. The van der Waals surface area contributed by atoms with Crippen LogP contribution in [0.25, 0.3) is 11.5 Å². The predicted octanol–water partition coefficient (Wildman–Crippen LogP) is 5.64. The Morgan fingerprint density at radius 2 is 1.71 bits per heavy atom. The second-order valence-corrected chi connectivity index (χ2v) is 6.49. The molecule has 4 rings (SSSR count). The highest BCUT2D eigenvalue weighted by Gasteiger charge is 2.21. The molecule has 4 aromatic rings. The number of rotatable bonds is 6. The van der Waals surface area contributed by atoms with Crippen LogP contribution >= 0.6 is 0 Å². The molecule has 0 aliphatic heterocycles. The molecule has 0 amide bonds. The van der Waals surface area contributed by atoms with Crippen LogP contribution in [0.5, 0.6) is 0 Å². The molecule has 0 bridgehead atoms. The van der Waals surface area contributed by atoms with Gasteiger partial charge in [-0.15, -0.1) is 10.2 Å². The van der Waals surface area contributed by atoms with E-state index in [1.165, 1.54) is 17.7 Å². The lowest BCUT2D eigenvalue weighted by Gasteiger charge is -2.17. The van der Waals surface area contributed by atoms with E-state index in [9.17, 15) is 4.39 Å². The van der Waals surface area contributed by atoms with Crippen LogP contribution in [0.3, 0.4) is 0 Å². The van der Waals surface area contributed by atoms with Crippen LogP contribution in [-0.2, 0) is 6.42 Å². The van der Waals surface area contributed by atoms with Crippen LogP contribution in [0.1, 0.15) is 30.0 Å². The molecule has 0 saturated carbocycles. The third-order valence-electron chi connectivity index (χ3n) is 4.56.